The summed E-state index contributed by atoms with van der Waals surface area (Å²) < 4.78 is 15.9. The van der Waals surface area contributed by atoms with Gasteiger partial charge < -0.3 is 24.8 Å². The zero-order valence-corrected chi connectivity index (χ0v) is 21.1. The number of benzene rings is 2. The molecule has 0 amide bonds. The van der Waals surface area contributed by atoms with Gasteiger partial charge in [-0.25, -0.2) is 9.98 Å². The molecule has 0 spiro atoms. The van der Waals surface area contributed by atoms with Gasteiger partial charge in [0.2, 0.25) is 0 Å². The van der Waals surface area contributed by atoms with Crippen LogP contribution in [0.1, 0.15) is 12.6 Å². The molecule has 1 heterocycles. The molecule has 0 bridgehead atoms. The summed E-state index contributed by atoms with van der Waals surface area (Å²) >= 11 is 1.60. The quantitative estimate of drug-likeness (QED) is 0.231. The summed E-state index contributed by atoms with van der Waals surface area (Å²) in [6.07, 6.45) is 0. The van der Waals surface area contributed by atoms with Crippen molar-refractivity contribution in [2.24, 2.45) is 4.99 Å². The number of halogens is 1. The highest BCUT2D eigenvalue weighted by Crippen LogP contribution is 2.30. The lowest BCUT2D eigenvalue weighted by Crippen LogP contribution is -2.30. The second kappa shape index (κ2) is 12.4. The van der Waals surface area contributed by atoms with E-state index in [1.165, 1.54) is 0 Å². The Morgan fingerprint density at radius 2 is 1.74 bits per heavy atom. The summed E-state index contributed by atoms with van der Waals surface area (Å²) in [5, 5.41) is 9.53. The molecule has 2 aromatic carbocycles. The fourth-order valence-corrected chi connectivity index (χ4v) is 3.58. The van der Waals surface area contributed by atoms with Crippen molar-refractivity contribution in [1.29, 1.82) is 0 Å². The number of aliphatic imine (C=N–C) groups is 1. The molecule has 0 saturated heterocycles. The lowest BCUT2D eigenvalue weighted by molar-refractivity contribution is 0.355. The minimum absolute atomic E-state index is 0. The van der Waals surface area contributed by atoms with Gasteiger partial charge >= 0.3 is 0 Å². The molecule has 31 heavy (non-hydrogen) atoms. The summed E-state index contributed by atoms with van der Waals surface area (Å²) in [6.45, 7) is 3.24. The molecule has 0 atom stereocenters. The number of guanidine groups is 1. The lowest BCUT2D eigenvalue weighted by atomic mass is 10.2. The summed E-state index contributed by atoms with van der Waals surface area (Å²) in [5.74, 6) is 2.83. The van der Waals surface area contributed by atoms with Crippen molar-refractivity contribution in [3.63, 3.8) is 0 Å². The molecule has 0 fully saturated rings. The van der Waals surface area contributed by atoms with Crippen LogP contribution in [0, 0.1) is 0 Å². The topological polar surface area (TPSA) is 77.0 Å². The number of thiazole rings is 1. The van der Waals surface area contributed by atoms with Gasteiger partial charge in [0.05, 0.1) is 33.6 Å². The van der Waals surface area contributed by atoms with Crippen LogP contribution in [0.2, 0.25) is 0 Å². The summed E-state index contributed by atoms with van der Waals surface area (Å²) in [5.41, 5.74) is 2.83. The van der Waals surface area contributed by atoms with E-state index in [4.69, 9.17) is 19.2 Å². The molecule has 9 heteroatoms. The number of methoxy groups -OCH3 is 3. The molecule has 2 N–H and O–H groups in total. The van der Waals surface area contributed by atoms with Crippen LogP contribution in [0.25, 0.3) is 10.6 Å². The highest BCUT2D eigenvalue weighted by atomic mass is 127. The smallest absolute Gasteiger partial charge is 0.196 e. The molecule has 0 saturated carbocycles. The number of hydrogen-bond acceptors (Lipinski definition) is 6. The molecule has 3 rings (SSSR count). The Hall–Kier alpha value is -2.53. The van der Waals surface area contributed by atoms with E-state index < -0.39 is 0 Å². The molecule has 1 aromatic heterocycles. The molecule has 0 aliphatic carbocycles. The van der Waals surface area contributed by atoms with E-state index >= 15 is 0 Å². The first-order chi connectivity index (χ1) is 14.7. The van der Waals surface area contributed by atoms with Crippen molar-refractivity contribution < 1.29 is 14.2 Å². The number of nitrogens with zero attached hydrogens (tertiary/aromatic N) is 2. The summed E-state index contributed by atoms with van der Waals surface area (Å²) in [6, 6.07) is 13.5. The molecular weight excluding hydrogens is 527 g/mol. The van der Waals surface area contributed by atoms with Gasteiger partial charge in [-0.2, -0.15) is 0 Å². The summed E-state index contributed by atoms with van der Waals surface area (Å²) in [4.78, 5) is 9.36. The van der Waals surface area contributed by atoms with Crippen molar-refractivity contribution >= 4 is 47.0 Å². The van der Waals surface area contributed by atoms with E-state index in [0.29, 0.717) is 24.0 Å². The Balaban J connectivity index is 0.00000341. The van der Waals surface area contributed by atoms with Crippen LogP contribution in [-0.4, -0.2) is 38.8 Å². The Morgan fingerprint density at radius 1 is 1.00 bits per heavy atom. The van der Waals surface area contributed by atoms with Crippen LogP contribution in [-0.2, 0) is 6.54 Å². The maximum atomic E-state index is 5.37. The standard InChI is InChI=1S/C22H26N4O3S.HI/c1-5-23-22(26-16-8-11-19(28-3)20(12-16)29-4)24-13-17-14-30-21(25-17)15-6-9-18(27-2)10-7-15;/h6-12,14H,5,13H2,1-4H3,(H2,23,24,26);1H. The zero-order chi connectivity index (χ0) is 21.3. The van der Waals surface area contributed by atoms with Crippen molar-refractivity contribution in [2.75, 3.05) is 33.2 Å². The number of aromatic nitrogens is 1. The second-order valence-corrected chi connectivity index (χ2v) is 7.12. The number of rotatable bonds is 8. The van der Waals surface area contributed by atoms with E-state index in [0.717, 1.165) is 34.2 Å². The third-order valence-electron chi connectivity index (χ3n) is 4.28. The molecule has 0 aliphatic heterocycles. The molecule has 3 aromatic rings. The number of nitrogens with one attached hydrogen (secondary N) is 2. The Labute approximate surface area is 203 Å². The van der Waals surface area contributed by atoms with Gasteiger partial charge in [0.15, 0.2) is 17.5 Å². The summed E-state index contributed by atoms with van der Waals surface area (Å²) in [7, 11) is 4.89. The zero-order valence-electron chi connectivity index (χ0n) is 18.0. The van der Waals surface area contributed by atoms with E-state index in [9.17, 15) is 0 Å². The fourth-order valence-electron chi connectivity index (χ4n) is 2.76. The first kappa shape index (κ1) is 24.7. The van der Waals surface area contributed by atoms with Crippen LogP contribution < -0.4 is 24.8 Å². The van der Waals surface area contributed by atoms with E-state index in [-0.39, 0.29) is 24.0 Å². The first-order valence-electron chi connectivity index (χ1n) is 9.53. The van der Waals surface area contributed by atoms with Gasteiger partial charge in [-0.3, -0.25) is 0 Å². The van der Waals surface area contributed by atoms with E-state index in [2.05, 4.69) is 15.6 Å². The number of ether oxygens (including phenoxy) is 3. The highest BCUT2D eigenvalue weighted by molar-refractivity contribution is 14.0. The Kier molecular flexibility index (Phi) is 9.86. The monoisotopic (exact) mass is 554 g/mol. The van der Waals surface area contributed by atoms with Crippen LogP contribution in [0.5, 0.6) is 17.2 Å². The molecular formula is C22H27IN4O3S. The van der Waals surface area contributed by atoms with Crippen LogP contribution in [0.15, 0.2) is 52.8 Å². The van der Waals surface area contributed by atoms with Gasteiger partial charge in [-0.15, -0.1) is 35.3 Å². The third-order valence-corrected chi connectivity index (χ3v) is 5.22. The van der Waals surface area contributed by atoms with Crippen molar-refractivity contribution in [1.82, 2.24) is 10.3 Å². The lowest BCUT2D eigenvalue weighted by Gasteiger charge is -2.13. The predicted molar refractivity (Wildman–Crippen MR) is 138 cm³/mol. The van der Waals surface area contributed by atoms with Crippen LogP contribution in [0.3, 0.4) is 0 Å². The van der Waals surface area contributed by atoms with Gasteiger partial charge in [-0.1, -0.05) is 0 Å². The maximum absolute atomic E-state index is 5.37. The molecule has 7 nitrogen and oxygen atoms in total. The van der Waals surface area contributed by atoms with E-state index in [1.54, 1.807) is 32.7 Å². The maximum Gasteiger partial charge on any atom is 0.196 e. The molecule has 166 valence electrons. The highest BCUT2D eigenvalue weighted by Gasteiger charge is 2.08. The average Bonchev–Trinajstić information content (AvgIpc) is 3.26. The van der Waals surface area contributed by atoms with Gasteiger partial charge in [0.1, 0.15) is 10.8 Å². The van der Waals surface area contributed by atoms with Gasteiger partial charge in [0.25, 0.3) is 0 Å². The van der Waals surface area contributed by atoms with Crippen molar-refractivity contribution in [3.8, 4) is 27.8 Å². The minimum atomic E-state index is 0. The van der Waals surface area contributed by atoms with Crippen molar-refractivity contribution in [2.45, 2.75) is 13.5 Å². The van der Waals surface area contributed by atoms with E-state index in [1.807, 2.05) is 54.8 Å². The van der Waals surface area contributed by atoms with Crippen molar-refractivity contribution in [3.05, 3.63) is 53.5 Å². The van der Waals surface area contributed by atoms with Crippen LogP contribution >= 0.6 is 35.3 Å². The molecule has 0 aliphatic rings. The van der Waals surface area contributed by atoms with Gasteiger partial charge in [-0.05, 0) is 43.3 Å². The SMILES string of the molecule is CCNC(=NCc1csc(-c2ccc(OC)cc2)n1)Nc1ccc(OC)c(OC)c1.I. The largest absolute Gasteiger partial charge is 0.497 e. The normalized spacial score (nSPS) is 10.8. The van der Waals surface area contributed by atoms with Crippen LogP contribution in [0.4, 0.5) is 5.69 Å². The average molecular weight is 554 g/mol. The number of hydrogen-bond donors (Lipinski definition) is 2. The third kappa shape index (κ3) is 6.73. The Bertz CT molecular complexity index is 993. The second-order valence-electron chi connectivity index (χ2n) is 6.26. The molecule has 0 unspecified atom stereocenters. The minimum Gasteiger partial charge on any atom is -0.497 e. The van der Waals surface area contributed by atoms with Gasteiger partial charge in [0, 0.05) is 29.2 Å². The molecule has 0 radical (unpaired) electrons. The predicted octanol–water partition coefficient (Wildman–Crippen LogP) is 5.03. The number of anilines is 1. The fraction of sp³-hybridized carbons (Fsp3) is 0.273. The Morgan fingerprint density at radius 3 is 2.39 bits per heavy atom. The first-order valence-corrected chi connectivity index (χ1v) is 10.4.